The molecule has 98 valence electrons. The van der Waals surface area contributed by atoms with Gasteiger partial charge in [0.2, 0.25) is 5.78 Å². The highest BCUT2D eigenvalue weighted by Gasteiger charge is 2.12. The second-order valence-corrected chi connectivity index (χ2v) is 5.02. The van der Waals surface area contributed by atoms with Gasteiger partial charge in [0.15, 0.2) is 6.61 Å². The summed E-state index contributed by atoms with van der Waals surface area (Å²) in [4.78, 5) is 12.0. The van der Waals surface area contributed by atoms with Crippen molar-refractivity contribution in [2.24, 2.45) is 0 Å². The van der Waals surface area contributed by atoms with Gasteiger partial charge in [-0.1, -0.05) is 46.9 Å². The van der Waals surface area contributed by atoms with Gasteiger partial charge in [-0.05, 0) is 30.3 Å². The quantitative estimate of drug-likeness (QED) is 0.749. The lowest BCUT2D eigenvalue weighted by Gasteiger charge is -2.08. The third kappa shape index (κ3) is 3.63. The van der Waals surface area contributed by atoms with E-state index in [-0.39, 0.29) is 12.4 Å². The first-order valence-electron chi connectivity index (χ1n) is 5.43. The minimum Gasteiger partial charge on any atom is -0.484 e. The van der Waals surface area contributed by atoms with Gasteiger partial charge in [-0.2, -0.15) is 0 Å². The molecule has 0 heterocycles. The monoisotopic (exact) mass is 314 g/mol. The van der Waals surface area contributed by atoms with Crippen LogP contribution < -0.4 is 4.74 Å². The zero-order valence-corrected chi connectivity index (χ0v) is 12.0. The Morgan fingerprint density at radius 3 is 2.42 bits per heavy atom. The summed E-state index contributed by atoms with van der Waals surface area (Å²) in [5, 5.41) is 1.24. The maximum Gasteiger partial charge on any atom is 0.201 e. The molecule has 19 heavy (non-hydrogen) atoms. The van der Waals surface area contributed by atoms with Crippen LogP contribution in [0, 0.1) is 0 Å². The number of rotatable bonds is 4. The highest BCUT2D eigenvalue weighted by Crippen LogP contribution is 2.24. The van der Waals surface area contributed by atoms with Crippen molar-refractivity contribution in [3.05, 3.63) is 63.1 Å². The lowest BCUT2D eigenvalue weighted by molar-refractivity contribution is 0.0922. The number of para-hydroxylation sites is 1. The van der Waals surface area contributed by atoms with Crippen molar-refractivity contribution in [3.63, 3.8) is 0 Å². The van der Waals surface area contributed by atoms with Gasteiger partial charge < -0.3 is 4.74 Å². The van der Waals surface area contributed by atoms with E-state index in [0.29, 0.717) is 26.4 Å². The molecule has 0 saturated carbocycles. The third-order valence-corrected chi connectivity index (χ3v) is 3.29. The second-order valence-electron chi connectivity index (χ2n) is 3.77. The van der Waals surface area contributed by atoms with Crippen LogP contribution in [0.2, 0.25) is 15.1 Å². The van der Waals surface area contributed by atoms with Crippen LogP contribution in [0.3, 0.4) is 0 Å². The number of hydrogen-bond donors (Lipinski definition) is 0. The molecule has 5 heteroatoms. The minimum absolute atomic E-state index is 0.134. The van der Waals surface area contributed by atoms with Crippen LogP contribution in [-0.4, -0.2) is 12.4 Å². The molecule has 2 aromatic rings. The van der Waals surface area contributed by atoms with Crippen molar-refractivity contribution in [3.8, 4) is 5.75 Å². The first-order valence-corrected chi connectivity index (χ1v) is 6.57. The zero-order chi connectivity index (χ0) is 13.8. The minimum atomic E-state index is -0.235. The Morgan fingerprint density at radius 2 is 1.74 bits per heavy atom. The van der Waals surface area contributed by atoms with Gasteiger partial charge in [0.05, 0.1) is 10.0 Å². The van der Waals surface area contributed by atoms with Gasteiger partial charge >= 0.3 is 0 Å². The summed E-state index contributed by atoms with van der Waals surface area (Å²) in [5.74, 6) is 0.226. The molecule has 0 atom stereocenters. The Balaban J connectivity index is 2.08. The molecule has 2 nitrogen and oxygen atoms in total. The summed E-state index contributed by atoms with van der Waals surface area (Å²) < 4.78 is 5.37. The predicted octanol–water partition coefficient (Wildman–Crippen LogP) is 4.91. The summed E-state index contributed by atoms with van der Waals surface area (Å²) >= 11 is 17.6. The maximum absolute atomic E-state index is 12.0. The van der Waals surface area contributed by atoms with E-state index in [0.717, 1.165) is 0 Å². The van der Waals surface area contributed by atoms with E-state index in [9.17, 15) is 4.79 Å². The van der Waals surface area contributed by atoms with Crippen molar-refractivity contribution in [2.45, 2.75) is 0 Å². The molecule has 0 fully saturated rings. The molecular formula is C14H9Cl3O2. The number of benzene rings is 2. The van der Waals surface area contributed by atoms with Crippen molar-refractivity contribution < 1.29 is 9.53 Å². The van der Waals surface area contributed by atoms with E-state index in [4.69, 9.17) is 39.5 Å². The molecule has 2 aromatic carbocycles. The van der Waals surface area contributed by atoms with Crippen LogP contribution in [0.15, 0.2) is 42.5 Å². The number of halogens is 3. The van der Waals surface area contributed by atoms with Crippen LogP contribution in [0.4, 0.5) is 0 Å². The van der Waals surface area contributed by atoms with E-state index in [1.165, 1.54) is 6.07 Å². The number of ketones is 1. The standard InChI is InChI=1S/C14H9Cl3O2/c15-9-5-6-10(12(17)7-9)13(18)8-19-14-4-2-1-3-11(14)16/h1-7H,8H2. The normalized spacial score (nSPS) is 10.3. The largest absolute Gasteiger partial charge is 0.484 e. The molecule has 2 rings (SSSR count). The van der Waals surface area contributed by atoms with Gasteiger partial charge in [-0.15, -0.1) is 0 Å². The van der Waals surface area contributed by atoms with Gasteiger partial charge in [0, 0.05) is 10.6 Å². The molecule has 0 unspecified atom stereocenters. The number of carbonyl (C=O) groups is 1. The Labute approximate surface area is 125 Å². The number of Topliss-reactive ketones (excluding diaryl/α,β-unsaturated/α-hetero) is 1. The van der Waals surface area contributed by atoms with Crippen molar-refractivity contribution in [1.29, 1.82) is 0 Å². The van der Waals surface area contributed by atoms with Crippen LogP contribution >= 0.6 is 34.8 Å². The van der Waals surface area contributed by atoms with Gasteiger partial charge in [0.1, 0.15) is 5.75 Å². The lowest BCUT2D eigenvalue weighted by Crippen LogP contribution is -2.12. The number of carbonyl (C=O) groups excluding carboxylic acids is 1. The molecule has 0 radical (unpaired) electrons. The topological polar surface area (TPSA) is 26.3 Å². The van der Waals surface area contributed by atoms with E-state index < -0.39 is 0 Å². The average Bonchev–Trinajstić information content (AvgIpc) is 2.37. The Kier molecular flexibility index (Phi) is 4.70. The Bertz CT molecular complexity index is 611. The van der Waals surface area contributed by atoms with Crippen LogP contribution in [-0.2, 0) is 0 Å². The first-order chi connectivity index (χ1) is 9.08. The smallest absolute Gasteiger partial charge is 0.201 e. The molecule has 0 bridgehead atoms. The Hall–Kier alpha value is -1.22. The van der Waals surface area contributed by atoms with Crippen LogP contribution in [0.25, 0.3) is 0 Å². The van der Waals surface area contributed by atoms with Crippen LogP contribution in [0.5, 0.6) is 5.75 Å². The Morgan fingerprint density at radius 1 is 1.00 bits per heavy atom. The summed E-state index contributed by atoms with van der Waals surface area (Å²) in [6.07, 6.45) is 0. The second kappa shape index (κ2) is 6.29. The molecule has 0 amide bonds. The molecular weight excluding hydrogens is 307 g/mol. The first kappa shape index (κ1) is 14.2. The summed E-state index contributed by atoms with van der Waals surface area (Å²) in [6.45, 7) is -0.134. The highest BCUT2D eigenvalue weighted by molar-refractivity contribution is 6.36. The van der Waals surface area contributed by atoms with Gasteiger partial charge in [-0.3, -0.25) is 4.79 Å². The molecule has 0 spiro atoms. The zero-order valence-electron chi connectivity index (χ0n) is 9.70. The summed E-state index contributed by atoms with van der Waals surface area (Å²) in [5.41, 5.74) is 0.373. The van der Waals surface area contributed by atoms with Crippen molar-refractivity contribution in [2.75, 3.05) is 6.61 Å². The van der Waals surface area contributed by atoms with E-state index in [2.05, 4.69) is 0 Å². The molecule has 0 aliphatic heterocycles. The molecule has 0 aliphatic rings. The number of hydrogen-bond acceptors (Lipinski definition) is 2. The SMILES string of the molecule is O=C(COc1ccccc1Cl)c1ccc(Cl)cc1Cl. The van der Waals surface area contributed by atoms with Gasteiger partial charge in [0.25, 0.3) is 0 Å². The number of ether oxygens (including phenoxy) is 1. The maximum atomic E-state index is 12.0. The fraction of sp³-hybridized carbons (Fsp3) is 0.0714. The van der Waals surface area contributed by atoms with Crippen LogP contribution in [0.1, 0.15) is 10.4 Å². The van der Waals surface area contributed by atoms with E-state index >= 15 is 0 Å². The third-order valence-electron chi connectivity index (χ3n) is 2.43. The molecule has 0 saturated heterocycles. The summed E-state index contributed by atoms with van der Waals surface area (Å²) in [7, 11) is 0. The lowest BCUT2D eigenvalue weighted by atomic mass is 10.1. The fourth-order valence-electron chi connectivity index (χ4n) is 1.50. The molecule has 0 N–H and O–H groups in total. The van der Waals surface area contributed by atoms with Gasteiger partial charge in [-0.25, -0.2) is 0 Å². The van der Waals surface area contributed by atoms with Crippen molar-refractivity contribution >= 4 is 40.6 Å². The van der Waals surface area contributed by atoms with Crippen molar-refractivity contribution in [1.82, 2.24) is 0 Å². The predicted molar refractivity (Wildman–Crippen MR) is 77.7 cm³/mol. The van der Waals surface area contributed by atoms with E-state index in [1.807, 2.05) is 0 Å². The highest BCUT2D eigenvalue weighted by atomic mass is 35.5. The average molecular weight is 316 g/mol. The fourth-order valence-corrected chi connectivity index (χ4v) is 2.20. The van der Waals surface area contributed by atoms with E-state index in [1.54, 1.807) is 36.4 Å². The molecule has 0 aliphatic carbocycles. The molecule has 0 aromatic heterocycles. The summed E-state index contributed by atoms with van der Waals surface area (Å²) in [6, 6.07) is 11.6.